The number of hydrogen-bond acceptors (Lipinski definition) is 5. The molecule has 1 aliphatic carbocycles. The first-order valence-electron chi connectivity index (χ1n) is 19.3. The van der Waals surface area contributed by atoms with Gasteiger partial charge in [0.05, 0.1) is 5.54 Å². The molecule has 0 fully saturated rings. The van der Waals surface area contributed by atoms with Gasteiger partial charge in [-0.3, -0.25) is 4.99 Å². The summed E-state index contributed by atoms with van der Waals surface area (Å²) < 4.78 is 13.6. The number of hydrogen-bond donors (Lipinski definition) is 0. The van der Waals surface area contributed by atoms with Crippen molar-refractivity contribution in [1.82, 2.24) is 4.98 Å². The zero-order chi connectivity index (χ0) is 38.7. The maximum Gasteiger partial charge on any atom is 2.00 e. The van der Waals surface area contributed by atoms with E-state index in [4.69, 9.17) is 19.5 Å². The summed E-state index contributed by atoms with van der Waals surface area (Å²) in [6, 6.07) is 29.4. The first kappa shape index (κ1) is 39.0. The number of rotatable bonds is 4. The zero-order valence-corrected chi connectivity index (χ0v) is 36.9. The first-order chi connectivity index (χ1) is 25.3. The number of nitrogens with zero attached hydrogens (tertiary/aromatic N) is 3. The molecule has 0 unspecified atom stereocenters. The van der Waals surface area contributed by atoms with Crippen molar-refractivity contribution < 1.29 is 30.5 Å². The summed E-state index contributed by atoms with van der Waals surface area (Å²) in [6.45, 7) is 29.0. The van der Waals surface area contributed by atoms with Crippen LogP contribution in [0.2, 0.25) is 0 Å². The van der Waals surface area contributed by atoms with Crippen molar-refractivity contribution in [3.8, 4) is 11.5 Å². The summed E-state index contributed by atoms with van der Waals surface area (Å²) in [5, 5.41) is 0. The quantitative estimate of drug-likeness (QED) is 0.169. The predicted molar refractivity (Wildman–Crippen MR) is 221 cm³/mol. The van der Waals surface area contributed by atoms with Crippen molar-refractivity contribution in [3.63, 3.8) is 0 Å². The molecule has 6 heteroatoms. The van der Waals surface area contributed by atoms with Crippen molar-refractivity contribution in [2.24, 2.45) is 4.99 Å². The summed E-state index contributed by atoms with van der Waals surface area (Å²) in [5.74, 6) is 2.80. The number of ether oxygens (including phenoxy) is 2. The van der Waals surface area contributed by atoms with Gasteiger partial charge < -0.3 is 14.4 Å². The van der Waals surface area contributed by atoms with Crippen molar-refractivity contribution >= 4 is 23.1 Å². The number of aryl methyl sites for hydroxylation is 5. The second-order valence-electron chi connectivity index (χ2n) is 18.3. The largest absolute Gasteiger partial charge is 2.00 e. The number of aliphatic imine (C=N–C) groups is 1. The number of pyridine rings is 1. The molecule has 3 heterocycles. The van der Waals surface area contributed by atoms with E-state index < -0.39 is 5.54 Å². The molecule has 0 radical (unpaired) electrons. The molecule has 1 aromatic heterocycles. The van der Waals surface area contributed by atoms with Crippen LogP contribution in [0.25, 0.3) is 0 Å². The average molecular weight is 911 g/mol. The Balaban J connectivity index is 0.00000465. The molecule has 55 heavy (non-hydrogen) atoms. The van der Waals surface area contributed by atoms with E-state index in [1.807, 2.05) is 18.3 Å². The maximum atomic E-state index is 6.82. The van der Waals surface area contributed by atoms with Gasteiger partial charge in [-0.15, -0.1) is 29.8 Å². The molecule has 8 rings (SSSR count). The average Bonchev–Trinajstić information content (AvgIpc) is 3.42. The van der Waals surface area contributed by atoms with Crippen LogP contribution in [0.3, 0.4) is 0 Å². The van der Waals surface area contributed by atoms with Crippen LogP contribution in [0.5, 0.6) is 11.5 Å². The Hall–Kier alpha value is -4.21. The normalized spacial score (nSPS) is 20.3. The third-order valence-corrected chi connectivity index (χ3v) is 12.6. The fourth-order valence-corrected chi connectivity index (χ4v) is 9.33. The third-order valence-electron chi connectivity index (χ3n) is 12.6. The molecule has 0 N–H and O–H groups in total. The fraction of sp³-hybridized carbons (Fsp3) is 0.388. The molecular weight excluding hydrogens is 858 g/mol. The summed E-state index contributed by atoms with van der Waals surface area (Å²) >= 11 is 0. The topological polar surface area (TPSA) is 47.0 Å². The van der Waals surface area contributed by atoms with Crippen LogP contribution in [0.1, 0.15) is 117 Å². The van der Waals surface area contributed by atoms with E-state index in [2.05, 4.69) is 156 Å². The number of aromatic nitrogens is 1. The number of benzene rings is 4. The van der Waals surface area contributed by atoms with Crippen LogP contribution in [0, 0.1) is 46.8 Å². The molecule has 0 saturated carbocycles. The molecular formula is C49H53N3O2Pt. The van der Waals surface area contributed by atoms with Gasteiger partial charge in [-0.1, -0.05) is 128 Å². The van der Waals surface area contributed by atoms with Crippen LogP contribution < -0.4 is 9.64 Å². The van der Waals surface area contributed by atoms with E-state index in [0.717, 1.165) is 45.9 Å². The van der Waals surface area contributed by atoms with Gasteiger partial charge >= 0.3 is 21.1 Å². The fourth-order valence-electron chi connectivity index (χ4n) is 9.33. The van der Waals surface area contributed by atoms with E-state index in [9.17, 15) is 0 Å². The second kappa shape index (κ2) is 13.2. The first-order valence-corrected chi connectivity index (χ1v) is 19.3. The summed E-state index contributed by atoms with van der Waals surface area (Å²) in [6.07, 6.45) is 2.63. The van der Waals surface area contributed by atoms with E-state index in [1.54, 1.807) is 0 Å². The van der Waals surface area contributed by atoms with Crippen LogP contribution in [-0.2, 0) is 48.5 Å². The van der Waals surface area contributed by atoms with Crippen molar-refractivity contribution in [1.29, 1.82) is 0 Å². The van der Waals surface area contributed by atoms with Gasteiger partial charge in [-0.2, -0.15) is 5.56 Å². The van der Waals surface area contributed by atoms with Crippen LogP contribution in [0.4, 0.5) is 17.2 Å². The van der Waals surface area contributed by atoms with E-state index >= 15 is 0 Å². The van der Waals surface area contributed by atoms with Crippen molar-refractivity contribution in [2.75, 3.05) is 4.90 Å². The smallest absolute Gasteiger partial charge is 0.514 e. The van der Waals surface area contributed by atoms with E-state index in [1.165, 1.54) is 38.9 Å². The van der Waals surface area contributed by atoms with Gasteiger partial charge in [0.15, 0.2) is 0 Å². The minimum atomic E-state index is -0.433. The van der Waals surface area contributed by atoms with Crippen LogP contribution in [-0.4, -0.2) is 22.5 Å². The molecule has 2 aliphatic heterocycles. The number of fused-ring (bicyclic) bond motifs is 4. The molecule has 0 bridgehead atoms. The minimum absolute atomic E-state index is 0. The minimum Gasteiger partial charge on any atom is -0.514 e. The SMILES string of the molecule is Cc1cc(Oc2[c-]c(C3=N[C@]4(C)[C@H](Cc5cc(C)cc(C)c5C4(C)C)O3)c(C)cc2C)[c-]c(N2c3ccc(C(C)(C)C)cc3C(C)(C)c3cccnc32)c1.[Pt+2]. The Morgan fingerprint density at radius 3 is 2.27 bits per heavy atom. The Bertz CT molecular complexity index is 2400. The molecule has 5 aromatic rings. The third kappa shape index (κ3) is 6.17. The molecule has 5 nitrogen and oxygen atoms in total. The molecule has 0 spiro atoms. The molecule has 0 amide bonds. The molecule has 0 saturated heterocycles. The molecule has 286 valence electrons. The summed E-state index contributed by atoms with van der Waals surface area (Å²) in [4.78, 5) is 12.6. The Labute approximate surface area is 342 Å². The van der Waals surface area contributed by atoms with Gasteiger partial charge in [-0.25, -0.2) is 4.98 Å². The molecule has 3 aliphatic rings. The second-order valence-corrected chi connectivity index (χ2v) is 18.3. The van der Waals surface area contributed by atoms with E-state index in [0.29, 0.717) is 17.4 Å². The predicted octanol–water partition coefficient (Wildman–Crippen LogP) is 11.9. The van der Waals surface area contributed by atoms with Gasteiger partial charge in [0.1, 0.15) is 17.8 Å². The Morgan fingerprint density at radius 1 is 0.818 bits per heavy atom. The monoisotopic (exact) mass is 910 g/mol. The van der Waals surface area contributed by atoms with Crippen molar-refractivity contribution in [3.05, 3.63) is 140 Å². The van der Waals surface area contributed by atoms with Gasteiger partial charge in [-0.05, 0) is 66.1 Å². The standard InChI is InChI=1S/C49H53N3O2.Pt/c1-28-19-32(5)43-33(20-28)24-42-49(13,48(43,11)12)51-45(54-42)37-27-41(31(4)23-30(37)3)53-36-22-29(2)21-35(26-36)52-40-17-16-34(46(6,7)8)25-39(40)47(9,10)38-15-14-18-50-44(38)52;/h14-23,25,42H,24H2,1-13H3;/q-2;+2/t42-,49+;/m0./s1. The van der Waals surface area contributed by atoms with Gasteiger partial charge in [0.2, 0.25) is 0 Å². The molecule has 2 atom stereocenters. The summed E-state index contributed by atoms with van der Waals surface area (Å²) in [5.41, 5.74) is 14.2. The maximum absolute atomic E-state index is 6.82. The molecule has 4 aromatic carbocycles. The van der Waals surface area contributed by atoms with Gasteiger partial charge in [0, 0.05) is 46.2 Å². The van der Waals surface area contributed by atoms with E-state index in [-0.39, 0.29) is 43.4 Å². The van der Waals surface area contributed by atoms with Crippen LogP contribution in [0.15, 0.2) is 71.9 Å². The zero-order valence-electron chi connectivity index (χ0n) is 34.6. The number of anilines is 3. The Morgan fingerprint density at radius 2 is 1.55 bits per heavy atom. The Kier molecular flexibility index (Phi) is 9.36. The van der Waals surface area contributed by atoms with Gasteiger partial charge in [0.25, 0.3) is 0 Å². The van der Waals surface area contributed by atoms with Crippen molar-refractivity contribution in [2.45, 2.75) is 124 Å². The van der Waals surface area contributed by atoms with Crippen LogP contribution >= 0.6 is 0 Å². The summed E-state index contributed by atoms with van der Waals surface area (Å²) in [7, 11) is 0.